The quantitative estimate of drug-likeness (QED) is 0.596. The molecule has 0 aliphatic carbocycles. The fourth-order valence-electron chi connectivity index (χ4n) is 1.02. The standard InChI is InChI=1S/C7H4F2N2O5/c8-5(9)2-1-3(11(15)16)6(12)10-4(2)7(13)14/h1,5H,(H,10,12)(H,13,14). The molecule has 2 N–H and O–H groups in total. The molecule has 1 rings (SSSR count). The Bertz CT molecular complexity index is 510. The van der Waals surface area contributed by atoms with Crippen LogP contribution in [-0.2, 0) is 0 Å². The van der Waals surface area contributed by atoms with Crippen LogP contribution >= 0.6 is 0 Å². The SMILES string of the molecule is O=C(O)c1[nH]c(=O)c([N+](=O)[O-])cc1C(F)F. The highest BCUT2D eigenvalue weighted by molar-refractivity contribution is 5.87. The molecule has 0 saturated heterocycles. The largest absolute Gasteiger partial charge is 0.477 e. The van der Waals surface area contributed by atoms with Crippen molar-refractivity contribution in [3.63, 3.8) is 0 Å². The first-order chi connectivity index (χ1) is 7.34. The molecule has 0 unspecified atom stereocenters. The van der Waals surface area contributed by atoms with Gasteiger partial charge in [0.25, 0.3) is 6.43 Å². The highest BCUT2D eigenvalue weighted by atomic mass is 19.3. The molecule has 0 aliphatic rings. The number of hydrogen-bond acceptors (Lipinski definition) is 4. The summed E-state index contributed by atoms with van der Waals surface area (Å²) in [7, 11) is 0. The van der Waals surface area contributed by atoms with Crippen LogP contribution in [0, 0.1) is 10.1 Å². The number of alkyl halides is 2. The maximum Gasteiger partial charge on any atom is 0.352 e. The van der Waals surface area contributed by atoms with Gasteiger partial charge in [0.1, 0.15) is 5.69 Å². The number of nitrogens with one attached hydrogen (secondary N) is 1. The van der Waals surface area contributed by atoms with Crippen molar-refractivity contribution < 1.29 is 23.6 Å². The summed E-state index contributed by atoms with van der Waals surface area (Å²) in [6, 6.07) is 0.257. The molecular formula is C7H4F2N2O5. The summed E-state index contributed by atoms with van der Waals surface area (Å²) in [4.78, 5) is 32.1. The van der Waals surface area contributed by atoms with Gasteiger partial charge in [0.15, 0.2) is 0 Å². The molecule has 1 heterocycles. The number of hydrogen-bond donors (Lipinski definition) is 2. The van der Waals surface area contributed by atoms with Gasteiger partial charge in [0, 0.05) is 6.07 Å². The Morgan fingerprint density at radius 1 is 1.56 bits per heavy atom. The minimum absolute atomic E-state index is 0.257. The first-order valence-electron chi connectivity index (χ1n) is 3.77. The molecule has 0 saturated carbocycles. The summed E-state index contributed by atoms with van der Waals surface area (Å²) in [5.41, 5.74) is -4.61. The molecule has 0 aromatic carbocycles. The second-order valence-corrected chi connectivity index (χ2v) is 2.68. The van der Waals surface area contributed by atoms with Gasteiger partial charge >= 0.3 is 17.2 Å². The van der Waals surface area contributed by atoms with Crippen LogP contribution < -0.4 is 5.56 Å². The number of aromatic nitrogens is 1. The molecular weight excluding hydrogens is 230 g/mol. The van der Waals surface area contributed by atoms with Gasteiger partial charge in [-0.05, 0) is 0 Å². The van der Waals surface area contributed by atoms with Gasteiger partial charge in [-0.3, -0.25) is 14.9 Å². The fraction of sp³-hybridized carbons (Fsp3) is 0.143. The first kappa shape index (κ1) is 11.8. The van der Waals surface area contributed by atoms with Gasteiger partial charge in [-0.25, -0.2) is 13.6 Å². The van der Waals surface area contributed by atoms with Crippen LogP contribution in [0.2, 0.25) is 0 Å². The topological polar surface area (TPSA) is 113 Å². The predicted molar refractivity (Wildman–Crippen MR) is 45.6 cm³/mol. The summed E-state index contributed by atoms with van der Waals surface area (Å²) in [6.07, 6.45) is -3.23. The van der Waals surface area contributed by atoms with E-state index in [1.807, 2.05) is 0 Å². The fourth-order valence-corrected chi connectivity index (χ4v) is 1.02. The second kappa shape index (κ2) is 4.04. The van der Waals surface area contributed by atoms with Crippen LogP contribution in [0.25, 0.3) is 0 Å². The lowest BCUT2D eigenvalue weighted by Gasteiger charge is -2.03. The van der Waals surface area contributed by atoms with E-state index in [9.17, 15) is 28.5 Å². The Morgan fingerprint density at radius 2 is 2.12 bits per heavy atom. The monoisotopic (exact) mass is 234 g/mol. The predicted octanol–water partition coefficient (Wildman–Crippen LogP) is 0.919. The van der Waals surface area contributed by atoms with E-state index in [4.69, 9.17) is 5.11 Å². The number of H-pyrrole nitrogens is 1. The van der Waals surface area contributed by atoms with E-state index in [0.29, 0.717) is 0 Å². The maximum atomic E-state index is 12.4. The number of halogens is 2. The summed E-state index contributed by atoms with van der Waals surface area (Å²) in [6.45, 7) is 0. The average Bonchev–Trinajstić information content (AvgIpc) is 2.15. The molecule has 0 radical (unpaired) electrons. The number of aromatic amines is 1. The number of aromatic carboxylic acids is 1. The second-order valence-electron chi connectivity index (χ2n) is 2.68. The Morgan fingerprint density at radius 3 is 2.50 bits per heavy atom. The molecule has 0 atom stereocenters. The van der Waals surface area contributed by atoms with E-state index >= 15 is 0 Å². The lowest BCUT2D eigenvalue weighted by molar-refractivity contribution is -0.386. The van der Waals surface area contributed by atoms with Crippen molar-refractivity contribution in [2.75, 3.05) is 0 Å². The molecule has 1 aromatic heterocycles. The van der Waals surface area contributed by atoms with Crippen molar-refractivity contribution in [2.45, 2.75) is 6.43 Å². The third kappa shape index (κ3) is 2.02. The minimum Gasteiger partial charge on any atom is -0.477 e. The smallest absolute Gasteiger partial charge is 0.352 e. The van der Waals surface area contributed by atoms with Crippen LogP contribution in [0.3, 0.4) is 0 Å². The van der Waals surface area contributed by atoms with Crippen molar-refractivity contribution in [3.8, 4) is 0 Å². The minimum atomic E-state index is -3.23. The van der Waals surface area contributed by atoms with E-state index in [0.717, 1.165) is 0 Å². The summed E-state index contributed by atoms with van der Waals surface area (Å²) >= 11 is 0. The zero-order valence-electron chi connectivity index (χ0n) is 7.44. The molecule has 0 spiro atoms. The van der Waals surface area contributed by atoms with Crippen molar-refractivity contribution >= 4 is 11.7 Å². The number of carboxylic acid groups (broad SMARTS) is 1. The number of nitro groups is 1. The average molecular weight is 234 g/mol. The molecule has 0 bridgehead atoms. The first-order valence-corrected chi connectivity index (χ1v) is 3.77. The number of carboxylic acids is 1. The highest BCUT2D eigenvalue weighted by Crippen LogP contribution is 2.23. The van der Waals surface area contributed by atoms with E-state index in [1.165, 1.54) is 4.98 Å². The summed E-state index contributed by atoms with van der Waals surface area (Å²) in [5.74, 6) is -1.79. The van der Waals surface area contributed by atoms with Crippen molar-refractivity contribution in [1.29, 1.82) is 0 Å². The molecule has 16 heavy (non-hydrogen) atoms. The third-order valence-corrected chi connectivity index (χ3v) is 1.70. The van der Waals surface area contributed by atoms with Crippen LogP contribution in [0.15, 0.2) is 10.9 Å². The number of carbonyl (C=O) groups is 1. The van der Waals surface area contributed by atoms with Crippen molar-refractivity contribution in [3.05, 3.63) is 37.8 Å². The molecule has 7 nitrogen and oxygen atoms in total. The lowest BCUT2D eigenvalue weighted by Crippen LogP contribution is -2.18. The molecule has 86 valence electrons. The normalized spacial score (nSPS) is 10.4. The van der Waals surface area contributed by atoms with Crippen LogP contribution in [-0.4, -0.2) is 21.0 Å². The molecule has 1 aromatic rings. The zero-order valence-corrected chi connectivity index (χ0v) is 7.44. The number of pyridine rings is 1. The van der Waals surface area contributed by atoms with Crippen molar-refractivity contribution in [2.24, 2.45) is 0 Å². The Hall–Kier alpha value is -2.32. The highest BCUT2D eigenvalue weighted by Gasteiger charge is 2.25. The Kier molecular flexibility index (Phi) is 2.97. The van der Waals surface area contributed by atoms with Crippen LogP contribution in [0.1, 0.15) is 22.5 Å². The number of nitrogens with zero attached hydrogens (tertiary/aromatic N) is 1. The van der Waals surface area contributed by atoms with Crippen molar-refractivity contribution in [1.82, 2.24) is 4.98 Å². The molecule has 0 fully saturated rings. The van der Waals surface area contributed by atoms with Gasteiger partial charge in [0.2, 0.25) is 0 Å². The van der Waals surface area contributed by atoms with E-state index in [1.54, 1.807) is 0 Å². The maximum absolute atomic E-state index is 12.4. The Labute approximate surface area is 85.5 Å². The molecule has 0 amide bonds. The van der Waals surface area contributed by atoms with Gasteiger partial charge in [-0.15, -0.1) is 0 Å². The third-order valence-electron chi connectivity index (χ3n) is 1.70. The van der Waals surface area contributed by atoms with E-state index in [2.05, 4.69) is 0 Å². The van der Waals surface area contributed by atoms with Crippen LogP contribution in [0.5, 0.6) is 0 Å². The van der Waals surface area contributed by atoms with E-state index < -0.39 is 39.8 Å². The van der Waals surface area contributed by atoms with Gasteiger partial charge in [-0.1, -0.05) is 0 Å². The van der Waals surface area contributed by atoms with E-state index in [-0.39, 0.29) is 6.07 Å². The van der Waals surface area contributed by atoms with Gasteiger partial charge in [-0.2, -0.15) is 0 Å². The number of rotatable bonds is 3. The van der Waals surface area contributed by atoms with Gasteiger partial charge in [0.05, 0.1) is 10.5 Å². The zero-order chi connectivity index (χ0) is 12.5. The molecule has 9 heteroatoms. The summed E-state index contributed by atoms with van der Waals surface area (Å²) < 4.78 is 24.7. The van der Waals surface area contributed by atoms with Crippen LogP contribution in [0.4, 0.5) is 14.5 Å². The molecule has 0 aliphatic heterocycles. The lowest BCUT2D eigenvalue weighted by atomic mass is 10.2. The Balaban J connectivity index is 3.56. The van der Waals surface area contributed by atoms with Gasteiger partial charge < -0.3 is 10.1 Å². The summed E-state index contributed by atoms with van der Waals surface area (Å²) in [5, 5.41) is 18.8.